The van der Waals surface area contributed by atoms with Gasteiger partial charge in [-0.05, 0) is 36.2 Å². The minimum Gasteiger partial charge on any atom is -0.362 e. The maximum absolute atomic E-state index is 12.8. The number of nitrogens with zero attached hydrogens (tertiary/aromatic N) is 6. The Morgan fingerprint density at radius 3 is 2.65 bits per heavy atom. The Labute approximate surface area is 212 Å². The molecule has 1 saturated heterocycles. The molecule has 1 amide bonds. The van der Waals surface area contributed by atoms with E-state index >= 15 is 0 Å². The summed E-state index contributed by atoms with van der Waals surface area (Å²) in [4.78, 5) is 31.0. The molecule has 37 heavy (non-hydrogen) atoms. The summed E-state index contributed by atoms with van der Waals surface area (Å²) in [5, 5.41) is 12.4. The monoisotopic (exact) mass is 495 g/mol. The number of anilines is 1. The van der Waals surface area contributed by atoms with Gasteiger partial charge in [0.25, 0.3) is 11.7 Å². The molecule has 10 heteroatoms. The van der Waals surface area contributed by atoms with Crippen LogP contribution in [0.3, 0.4) is 0 Å². The van der Waals surface area contributed by atoms with Crippen molar-refractivity contribution >= 4 is 22.5 Å². The molecule has 0 saturated carbocycles. The van der Waals surface area contributed by atoms with Gasteiger partial charge in [-0.15, -0.1) is 0 Å². The summed E-state index contributed by atoms with van der Waals surface area (Å²) in [6, 6.07) is 19.5. The van der Waals surface area contributed by atoms with Gasteiger partial charge in [0, 0.05) is 43.9 Å². The third-order valence-electron chi connectivity index (χ3n) is 6.78. The Hall–Kier alpha value is -4.73. The second-order valence-electron chi connectivity index (χ2n) is 9.19. The van der Waals surface area contributed by atoms with E-state index in [1.807, 2.05) is 35.1 Å². The summed E-state index contributed by atoms with van der Waals surface area (Å²) >= 11 is 0. The number of carbonyl (C=O) groups excluding carboxylic acids is 1. The van der Waals surface area contributed by atoms with Gasteiger partial charge in [0.15, 0.2) is 0 Å². The minimum atomic E-state index is -0.348. The molecule has 5 aromatic rings. The normalized spacial score (nSPS) is 17.4. The van der Waals surface area contributed by atoms with Gasteiger partial charge in [0.1, 0.15) is 0 Å². The van der Waals surface area contributed by atoms with E-state index in [2.05, 4.69) is 49.7 Å². The fraction of sp³-hybridized carbons (Fsp3) is 0.222. The maximum Gasteiger partial charge on any atom is 0.292 e. The zero-order valence-electron chi connectivity index (χ0n) is 20.4. The van der Waals surface area contributed by atoms with Crippen molar-refractivity contribution in [1.29, 1.82) is 0 Å². The lowest BCUT2D eigenvalue weighted by Crippen LogP contribution is -2.40. The Morgan fingerprint density at radius 1 is 1.08 bits per heavy atom. The van der Waals surface area contributed by atoms with Crippen molar-refractivity contribution in [1.82, 2.24) is 29.8 Å². The van der Waals surface area contributed by atoms with Crippen LogP contribution in [-0.2, 0) is 7.05 Å². The third-order valence-corrected chi connectivity index (χ3v) is 6.78. The van der Waals surface area contributed by atoms with Crippen LogP contribution in [0.15, 0.2) is 82.4 Å². The van der Waals surface area contributed by atoms with Crippen molar-refractivity contribution in [2.24, 2.45) is 7.05 Å². The predicted molar refractivity (Wildman–Crippen MR) is 138 cm³/mol. The first kappa shape index (κ1) is 22.7. The Bertz CT molecular complexity index is 1650. The van der Waals surface area contributed by atoms with E-state index in [4.69, 9.17) is 4.52 Å². The molecule has 0 aliphatic carbocycles. The van der Waals surface area contributed by atoms with E-state index in [1.165, 1.54) is 10.6 Å². The molecule has 2 aromatic carbocycles. The molecule has 0 bridgehead atoms. The fourth-order valence-electron chi connectivity index (χ4n) is 5.03. The second-order valence-corrected chi connectivity index (χ2v) is 9.19. The van der Waals surface area contributed by atoms with Gasteiger partial charge in [-0.1, -0.05) is 35.5 Å². The number of hydrogen-bond donors (Lipinski definition) is 1. The van der Waals surface area contributed by atoms with E-state index in [-0.39, 0.29) is 29.4 Å². The van der Waals surface area contributed by atoms with Crippen LogP contribution >= 0.6 is 0 Å². The molecule has 4 heterocycles. The van der Waals surface area contributed by atoms with Crippen molar-refractivity contribution < 1.29 is 9.32 Å². The standard InChI is InChI=1S/C27H25N7O3/c1-17-29-26(31-37-17)27(36)30-22-12-13-33(25(22)18-6-4-3-5-7-18)20-8-10-23-19(14-20)15-28-34(23)21-9-11-24(35)32(2)16-21/h3-11,14-16,22,25H,12-13H2,1-2H3,(H,30,36)/t22-,25+/m0/s1. The lowest BCUT2D eigenvalue weighted by Gasteiger charge is -2.30. The van der Waals surface area contributed by atoms with Crippen LogP contribution in [0.2, 0.25) is 0 Å². The molecule has 0 radical (unpaired) electrons. The number of hydrogen-bond acceptors (Lipinski definition) is 7. The van der Waals surface area contributed by atoms with Crippen LogP contribution in [0.5, 0.6) is 0 Å². The number of carbonyl (C=O) groups is 1. The first-order valence-corrected chi connectivity index (χ1v) is 12.1. The zero-order valence-corrected chi connectivity index (χ0v) is 20.4. The lowest BCUT2D eigenvalue weighted by molar-refractivity contribution is 0.0921. The summed E-state index contributed by atoms with van der Waals surface area (Å²) in [6.07, 6.45) is 4.36. The van der Waals surface area contributed by atoms with Gasteiger partial charge in [0.05, 0.1) is 29.5 Å². The Balaban J connectivity index is 1.33. The molecule has 1 fully saturated rings. The van der Waals surface area contributed by atoms with Crippen molar-refractivity contribution in [3.8, 4) is 5.69 Å². The number of rotatable bonds is 5. The quantitative estimate of drug-likeness (QED) is 0.399. The van der Waals surface area contributed by atoms with E-state index < -0.39 is 0 Å². The van der Waals surface area contributed by atoms with Crippen LogP contribution < -0.4 is 15.8 Å². The van der Waals surface area contributed by atoms with Crippen molar-refractivity contribution in [2.75, 3.05) is 11.4 Å². The fourth-order valence-corrected chi connectivity index (χ4v) is 5.03. The van der Waals surface area contributed by atoms with E-state index in [1.54, 1.807) is 26.2 Å². The van der Waals surface area contributed by atoms with Crippen LogP contribution in [0.25, 0.3) is 16.6 Å². The van der Waals surface area contributed by atoms with Crippen molar-refractivity contribution in [3.05, 3.63) is 101 Å². The smallest absolute Gasteiger partial charge is 0.292 e. The first-order valence-electron chi connectivity index (χ1n) is 12.1. The summed E-state index contributed by atoms with van der Waals surface area (Å²) in [6.45, 7) is 2.42. The van der Waals surface area contributed by atoms with Gasteiger partial charge in [-0.2, -0.15) is 10.1 Å². The molecule has 1 aliphatic rings. The molecule has 1 aliphatic heterocycles. The molecule has 186 valence electrons. The van der Waals surface area contributed by atoms with Gasteiger partial charge in [-0.3, -0.25) is 9.59 Å². The molecule has 0 unspecified atom stereocenters. The number of fused-ring (bicyclic) bond motifs is 1. The summed E-state index contributed by atoms with van der Waals surface area (Å²) in [7, 11) is 1.72. The minimum absolute atomic E-state index is 0.0370. The largest absolute Gasteiger partial charge is 0.362 e. The van der Waals surface area contributed by atoms with E-state index in [9.17, 15) is 9.59 Å². The van der Waals surface area contributed by atoms with Crippen LogP contribution in [0.4, 0.5) is 5.69 Å². The first-order chi connectivity index (χ1) is 18.0. The van der Waals surface area contributed by atoms with Crippen LogP contribution in [0, 0.1) is 6.92 Å². The van der Waals surface area contributed by atoms with Gasteiger partial charge >= 0.3 is 0 Å². The lowest BCUT2D eigenvalue weighted by atomic mass is 9.99. The number of pyridine rings is 1. The highest BCUT2D eigenvalue weighted by Gasteiger charge is 2.37. The molecular formula is C27H25N7O3. The van der Waals surface area contributed by atoms with E-state index in [0.717, 1.165) is 40.8 Å². The number of nitrogens with one attached hydrogen (secondary N) is 1. The van der Waals surface area contributed by atoms with Crippen molar-refractivity contribution in [2.45, 2.75) is 25.4 Å². The topological polar surface area (TPSA) is 111 Å². The molecule has 1 N–H and O–H groups in total. The summed E-state index contributed by atoms with van der Waals surface area (Å²) in [5.41, 5.74) is 3.83. The highest BCUT2D eigenvalue weighted by Crippen LogP contribution is 2.38. The van der Waals surface area contributed by atoms with E-state index in [0.29, 0.717) is 5.89 Å². The number of aryl methyl sites for hydroxylation is 2. The predicted octanol–water partition coefficient (Wildman–Crippen LogP) is 3.17. The molecular weight excluding hydrogens is 470 g/mol. The summed E-state index contributed by atoms with van der Waals surface area (Å²) < 4.78 is 8.35. The third kappa shape index (κ3) is 4.16. The number of amides is 1. The van der Waals surface area contributed by atoms with Gasteiger partial charge in [-0.25, -0.2) is 4.68 Å². The van der Waals surface area contributed by atoms with Gasteiger partial charge < -0.3 is 19.3 Å². The van der Waals surface area contributed by atoms with Crippen LogP contribution in [0.1, 0.15) is 34.5 Å². The number of aromatic nitrogens is 5. The average molecular weight is 496 g/mol. The van der Waals surface area contributed by atoms with Crippen molar-refractivity contribution in [3.63, 3.8) is 0 Å². The maximum atomic E-state index is 12.8. The number of benzene rings is 2. The highest BCUT2D eigenvalue weighted by atomic mass is 16.5. The second kappa shape index (κ2) is 9.05. The molecule has 3 aromatic heterocycles. The molecule has 0 spiro atoms. The summed E-state index contributed by atoms with van der Waals surface area (Å²) in [5.74, 6) is 0.0398. The molecule has 2 atom stereocenters. The zero-order chi connectivity index (χ0) is 25.5. The highest BCUT2D eigenvalue weighted by molar-refractivity contribution is 5.90. The molecule has 10 nitrogen and oxygen atoms in total. The van der Waals surface area contributed by atoms with Gasteiger partial charge in [0.2, 0.25) is 11.4 Å². The average Bonchev–Trinajstić information content (AvgIpc) is 3.64. The Morgan fingerprint density at radius 2 is 1.89 bits per heavy atom. The Kier molecular flexibility index (Phi) is 5.56. The molecule has 6 rings (SSSR count). The van der Waals surface area contributed by atoms with Crippen LogP contribution in [-0.4, -0.2) is 43.0 Å². The SMILES string of the molecule is Cc1nc(C(=O)N[C@H]2CCN(c3ccc4c(cnn4-c4ccc(=O)n(C)c4)c3)[C@@H]2c2ccccc2)no1.